The molecule has 1 aromatic carbocycles. The van der Waals surface area contributed by atoms with Gasteiger partial charge in [0.2, 0.25) is 23.2 Å². The van der Waals surface area contributed by atoms with Crippen molar-refractivity contribution in [2.75, 3.05) is 10.7 Å². The minimum absolute atomic E-state index is 0.0254. The summed E-state index contributed by atoms with van der Waals surface area (Å²) in [6.07, 6.45) is -0.229. The van der Waals surface area contributed by atoms with Crippen LogP contribution in [0.15, 0.2) is 46.2 Å². The highest BCUT2D eigenvalue weighted by molar-refractivity contribution is 7.99. The Bertz CT molecular complexity index is 962. The van der Waals surface area contributed by atoms with Crippen LogP contribution in [0.1, 0.15) is 32.1 Å². The largest absolute Gasteiger partial charge is 0.447 e. The normalized spacial score (nSPS) is 15.5. The number of hydrogen-bond acceptors (Lipinski definition) is 7. The zero-order valence-electron chi connectivity index (χ0n) is 15.0. The molecule has 0 saturated carbocycles. The summed E-state index contributed by atoms with van der Waals surface area (Å²) in [5.41, 5.74) is 3.01. The quantitative estimate of drug-likeness (QED) is 0.601. The average Bonchev–Trinajstić information content (AvgIpc) is 3.18. The lowest BCUT2D eigenvalue weighted by Crippen LogP contribution is -2.37. The maximum Gasteiger partial charge on any atom is 0.247 e. The summed E-state index contributed by atoms with van der Waals surface area (Å²) in [4.78, 5) is 19.2. The number of carbonyl (C=O) groups excluding carboxylic acids is 1. The van der Waals surface area contributed by atoms with Crippen molar-refractivity contribution in [1.82, 2.24) is 15.2 Å². The molecule has 4 rings (SSSR count). The van der Waals surface area contributed by atoms with Crippen LogP contribution in [0.3, 0.4) is 0 Å². The first-order valence-corrected chi connectivity index (χ1v) is 10.6. The van der Waals surface area contributed by atoms with Gasteiger partial charge in [-0.1, -0.05) is 43.8 Å². The van der Waals surface area contributed by atoms with Crippen LogP contribution in [0.5, 0.6) is 5.88 Å². The molecule has 0 spiro atoms. The van der Waals surface area contributed by atoms with Gasteiger partial charge in [-0.2, -0.15) is 16.3 Å². The lowest BCUT2D eigenvalue weighted by atomic mass is 10.1. The molecule has 6 nitrogen and oxygen atoms in total. The van der Waals surface area contributed by atoms with Crippen LogP contribution in [-0.4, -0.2) is 26.8 Å². The Kier molecular flexibility index (Phi) is 5.09. The lowest BCUT2D eigenvalue weighted by Gasteiger charge is -2.30. The Balaban J connectivity index is 1.94. The van der Waals surface area contributed by atoms with E-state index < -0.39 is 6.23 Å². The minimum Gasteiger partial charge on any atom is -0.447 e. The summed E-state index contributed by atoms with van der Waals surface area (Å²) >= 11 is 3.07. The monoisotopic (exact) mass is 398 g/mol. The van der Waals surface area contributed by atoms with Gasteiger partial charge in [0.15, 0.2) is 5.69 Å². The first-order valence-electron chi connectivity index (χ1n) is 8.70. The van der Waals surface area contributed by atoms with Gasteiger partial charge in [0.25, 0.3) is 0 Å². The van der Waals surface area contributed by atoms with E-state index in [1.807, 2.05) is 54.9 Å². The van der Waals surface area contributed by atoms with Gasteiger partial charge in [-0.05, 0) is 28.6 Å². The average molecular weight is 399 g/mol. The van der Waals surface area contributed by atoms with Crippen molar-refractivity contribution in [3.05, 3.63) is 46.7 Å². The summed E-state index contributed by atoms with van der Waals surface area (Å²) in [6, 6.07) is 9.63. The number of amides is 1. The lowest BCUT2D eigenvalue weighted by molar-refractivity contribution is -0.120. The maximum absolute atomic E-state index is 12.9. The summed E-state index contributed by atoms with van der Waals surface area (Å²) in [6.45, 7) is 3.88. The molecule has 27 heavy (non-hydrogen) atoms. The highest BCUT2D eigenvalue weighted by Gasteiger charge is 2.35. The van der Waals surface area contributed by atoms with Crippen LogP contribution in [0.25, 0.3) is 11.3 Å². The van der Waals surface area contributed by atoms with Crippen LogP contribution in [0.2, 0.25) is 0 Å². The van der Waals surface area contributed by atoms with E-state index in [4.69, 9.17) is 4.74 Å². The number of benzene rings is 1. The van der Waals surface area contributed by atoms with Gasteiger partial charge < -0.3 is 4.74 Å². The molecule has 2 aromatic heterocycles. The number of rotatable bonds is 4. The van der Waals surface area contributed by atoms with E-state index >= 15 is 0 Å². The Labute approximate surface area is 165 Å². The van der Waals surface area contributed by atoms with Gasteiger partial charge in [-0.15, -0.1) is 10.2 Å². The molecule has 0 aliphatic carbocycles. The second-order valence-corrected chi connectivity index (χ2v) is 7.85. The van der Waals surface area contributed by atoms with Gasteiger partial charge in [0.1, 0.15) is 0 Å². The molecule has 0 fully saturated rings. The third-order valence-electron chi connectivity index (χ3n) is 4.18. The van der Waals surface area contributed by atoms with Crippen LogP contribution < -0.4 is 9.64 Å². The molecule has 0 unspecified atom stereocenters. The van der Waals surface area contributed by atoms with E-state index in [1.165, 1.54) is 11.8 Å². The van der Waals surface area contributed by atoms with Gasteiger partial charge in [0.05, 0.1) is 5.69 Å². The standard InChI is InChI=1S/C19H18N4O2S2/c1-3-15(24)23-14-8-6-5-7-13(14)16-17(20-19(22-21-16)27-4-2)25-18(23)12-9-10-26-11-12/h5-11,18H,3-4H2,1-2H3/t18-/m0/s1. The Morgan fingerprint density at radius 2 is 2.11 bits per heavy atom. The van der Waals surface area contributed by atoms with E-state index in [0.717, 1.165) is 22.6 Å². The van der Waals surface area contributed by atoms with Gasteiger partial charge in [-0.25, -0.2) is 0 Å². The number of carbonyl (C=O) groups is 1. The predicted molar refractivity (Wildman–Crippen MR) is 107 cm³/mol. The van der Waals surface area contributed by atoms with Gasteiger partial charge in [-0.3, -0.25) is 9.69 Å². The van der Waals surface area contributed by atoms with Crippen molar-refractivity contribution in [3.8, 4) is 17.1 Å². The molecular weight excluding hydrogens is 380 g/mol. The van der Waals surface area contributed by atoms with Crippen molar-refractivity contribution < 1.29 is 9.53 Å². The first-order chi connectivity index (χ1) is 13.2. The van der Waals surface area contributed by atoms with Crippen molar-refractivity contribution >= 4 is 34.7 Å². The number of nitrogens with zero attached hydrogens (tertiary/aromatic N) is 4. The molecule has 8 heteroatoms. The van der Waals surface area contributed by atoms with Crippen molar-refractivity contribution in [3.63, 3.8) is 0 Å². The number of anilines is 1. The van der Waals surface area contributed by atoms with E-state index in [0.29, 0.717) is 23.2 Å². The van der Waals surface area contributed by atoms with Gasteiger partial charge >= 0.3 is 0 Å². The molecule has 1 aliphatic heterocycles. The molecule has 0 bridgehead atoms. The molecule has 3 aromatic rings. The topological polar surface area (TPSA) is 68.2 Å². The number of ether oxygens (including phenoxy) is 1. The first kappa shape index (κ1) is 17.9. The highest BCUT2D eigenvalue weighted by atomic mass is 32.2. The molecule has 0 radical (unpaired) electrons. The van der Waals surface area contributed by atoms with Crippen molar-refractivity contribution in [2.24, 2.45) is 0 Å². The number of para-hydroxylation sites is 1. The van der Waals surface area contributed by atoms with E-state index in [9.17, 15) is 4.79 Å². The van der Waals surface area contributed by atoms with Crippen molar-refractivity contribution in [2.45, 2.75) is 31.7 Å². The van der Waals surface area contributed by atoms with Crippen LogP contribution in [-0.2, 0) is 4.79 Å². The second-order valence-electron chi connectivity index (χ2n) is 5.84. The number of thiophene rings is 1. The van der Waals surface area contributed by atoms with Crippen LogP contribution >= 0.6 is 23.1 Å². The summed E-state index contributed by atoms with van der Waals surface area (Å²) in [5, 5.41) is 13.1. The SMILES string of the molecule is CCSc1nnc2c(n1)O[C@@H](c1ccsc1)N(C(=O)CC)c1ccccc1-2. The Hall–Kier alpha value is -2.45. The highest BCUT2D eigenvalue weighted by Crippen LogP contribution is 2.43. The maximum atomic E-state index is 12.9. The Morgan fingerprint density at radius 1 is 1.26 bits per heavy atom. The van der Waals surface area contributed by atoms with E-state index in [1.54, 1.807) is 16.2 Å². The van der Waals surface area contributed by atoms with Gasteiger partial charge in [0, 0.05) is 17.5 Å². The summed E-state index contributed by atoms with van der Waals surface area (Å²) in [5.74, 6) is 1.21. The third-order valence-corrected chi connectivity index (χ3v) is 5.61. The molecule has 1 aliphatic rings. The molecule has 0 saturated heterocycles. The molecule has 1 atom stereocenters. The summed E-state index contributed by atoms with van der Waals surface area (Å²) < 4.78 is 6.29. The van der Waals surface area contributed by atoms with Crippen LogP contribution in [0, 0.1) is 0 Å². The third kappa shape index (κ3) is 3.30. The molecule has 0 N–H and O–H groups in total. The minimum atomic E-state index is -0.595. The van der Waals surface area contributed by atoms with E-state index in [2.05, 4.69) is 15.2 Å². The predicted octanol–water partition coefficient (Wildman–Crippen LogP) is 4.55. The number of thioether (sulfide) groups is 1. The fourth-order valence-electron chi connectivity index (χ4n) is 2.98. The van der Waals surface area contributed by atoms with E-state index in [-0.39, 0.29) is 5.91 Å². The number of fused-ring (bicyclic) bond motifs is 3. The fourth-order valence-corrected chi connectivity index (χ4v) is 4.15. The Morgan fingerprint density at radius 3 is 2.85 bits per heavy atom. The smallest absolute Gasteiger partial charge is 0.247 e. The summed E-state index contributed by atoms with van der Waals surface area (Å²) in [7, 11) is 0. The molecule has 3 heterocycles. The second kappa shape index (κ2) is 7.66. The zero-order valence-corrected chi connectivity index (χ0v) is 16.6. The number of aromatic nitrogens is 3. The van der Waals surface area contributed by atoms with Crippen molar-refractivity contribution in [1.29, 1.82) is 0 Å². The zero-order chi connectivity index (χ0) is 18.8. The van der Waals surface area contributed by atoms with Crippen LogP contribution in [0.4, 0.5) is 5.69 Å². The molecular formula is C19H18N4O2S2. The fraction of sp³-hybridized carbons (Fsp3) is 0.263. The molecule has 138 valence electrons. The molecule has 1 amide bonds. The number of hydrogen-bond donors (Lipinski definition) is 0.